The van der Waals surface area contributed by atoms with Gasteiger partial charge >= 0.3 is 0 Å². The minimum Gasteiger partial charge on any atom is -0.295 e. The Hall–Kier alpha value is -2.87. The molecule has 5 rings (SSSR count). The van der Waals surface area contributed by atoms with E-state index in [9.17, 15) is 0 Å². The van der Waals surface area contributed by atoms with E-state index in [0.29, 0.717) is 0 Å². The maximum absolute atomic E-state index is 4.93. The van der Waals surface area contributed by atoms with Crippen LogP contribution >= 0.6 is 0 Å². The number of hydrogen-bond acceptors (Lipinski definition) is 1. The Morgan fingerprint density at radius 2 is 1.45 bits per heavy atom. The number of rotatable bonds is 1. The van der Waals surface area contributed by atoms with Gasteiger partial charge in [0.15, 0.2) is 0 Å². The summed E-state index contributed by atoms with van der Waals surface area (Å²) in [6.07, 6.45) is 0. The maximum Gasteiger partial charge on any atom is 0.126 e. The molecule has 4 aromatic rings. The first kappa shape index (κ1) is 11.8. The van der Waals surface area contributed by atoms with Crippen LogP contribution in [0.3, 0.4) is 0 Å². The van der Waals surface area contributed by atoms with Crippen molar-refractivity contribution in [2.45, 2.75) is 5.92 Å². The fourth-order valence-electron chi connectivity index (χ4n) is 3.54. The van der Waals surface area contributed by atoms with Crippen LogP contribution in [0.2, 0.25) is 0 Å². The molecule has 0 aliphatic carbocycles. The van der Waals surface area contributed by atoms with Crippen molar-refractivity contribution in [1.29, 1.82) is 0 Å². The third-order valence-corrected chi connectivity index (χ3v) is 4.47. The molecule has 3 aromatic carbocycles. The molecule has 0 radical (unpaired) electrons. The van der Waals surface area contributed by atoms with Crippen LogP contribution in [0.25, 0.3) is 16.7 Å². The molecule has 1 aliphatic rings. The fourth-order valence-corrected chi connectivity index (χ4v) is 3.54. The second-order valence-electron chi connectivity index (χ2n) is 5.70. The topological polar surface area (TPSA) is 17.8 Å². The molecule has 1 aromatic heterocycles. The van der Waals surface area contributed by atoms with E-state index in [-0.39, 0.29) is 5.92 Å². The van der Waals surface area contributed by atoms with Crippen LogP contribution in [-0.2, 0) is 0 Å². The lowest BCUT2D eigenvalue weighted by Gasteiger charge is -2.10. The van der Waals surface area contributed by atoms with Gasteiger partial charge in [0, 0.05) is 0 Å². The normalized spacial score (nSPS) is 15.7. The highest BCUT2D eigenvalue weighted by atomic mass is 15.1. The quantitative estimate of drug-likeness (QED) is 0.442. The fraction of sp³-hybridized carbons (Fsp3) is 0.0500. The van der Waals surface area contributed by atoms with Crippen molar-refractivity contribution in [3.8, 4) is 5.69 Å². The van der Waals surface area contributed by atoms with Crippen LogP contribution in [0.1, 0.15) is 22.9 Å². The molecule has 0 amide bonds. The molecule has 1 unspecified atom stereocenters. The summed E-state index contributed by atoms with van der Waals surface area (Å²) in [7, 11) is 0. The average Bonchev–Trinajstić information content (AvgIpc) is 3.10. The highest BCUT2D eigenvalue weighted by molar-refractivity contribution is 5.81. The molecular weight excluding hydrogens is 268 g/mol. The van der Waals surface area contributed by atoms with Gasteiger partial charge < -0.3 is 0 Å². The zero-order valence-electron chi connectivity index (χ0n) is 12.0. The first-order valence-corrected chi connectivity index (χ1v) is 7.55. The Morgan fingerprint density at radius 3 is 2.36 bits per heavy atom. The van der Waals surface area contributed by atoms with Crippen molar-refractivity contribution in [1.82, 2.24) is 9.55 Å². The van der Waals surface area contributed by atoms with E-state index in [4.69, 9.17) is 4.98 Å². The maximum atomic E-state index is 4.93. The number of para-hydroxylation sites is 3. The minimum atomic E-state index is 0.213. The molecule has 1 aliphatic heterocycles. The molecule has 104 valence electrons. The first-order chi connectivity index (χ1) is 10.9. The second kappa shape index (κ2) is 4.31. The van der Waals surface area contributed by atoms with Crippen LogP contribution < -0.4 is 0 Å². The molecule has 0 bridgehead atoms. The van der Waals surface area contributed by atoms with E-state index in [0.717, 1.165) is 11.3 Å². The van der Waals surface area contributed by atoms with Crippen LogP contribution in [0, 0.1) is 0 Å². The van der Waals surface area contributed by atoms with Crippen molar-refractivity contribution in [3.63, 3.8) is 0 Å². The van der Waals surface area contributed by atoms with Gasteiger partial charge in [-0.05, 0) is 29.3 Å². The van der Waals surface area contributed by atoms with Crippen LogP contribution in [0.4, 0.5) is 0 Å². The third kappa shape index (κ3) is 1.47. The standard InChI is InChI=1S/C20H14N2/c1-2-8-14(9-3-1)19-15-10-4-6-12-17(15)22-18-13-7-5-11-16(18)21-20(19)22/h1-13,19H. The Morgan fingerprint density at radius 1 is 0.727 bits per heavy atom. The number of aromatic nitrogens is 2. The molecule has 2 heterocycles. The Kier molecular flexibility index (Phi) is 2.30. The molecule has 0 spiro atoms. The van der Waals surface area contributed by atoms with Crippen molar-refractivity contribution in [2.24, 2.45) is 0 Å². The largest absolute Gasteiger partial charge is 0.295 e. The Balaban J connectivity index is 1.89. The van der Waals surface area contributed by atoms with Crippen LogP contribution in [0.5, 0.6) is 0 Å². The third-order valence-electron chi connectivity index (χ3n) is 4.47. The summed E-state index contributed by atoms with van der Waals surface area (Å²) >= 11 is 0. The summed E-state index contributed by atoms with van der Waals surface area (Å²) in [6.45, 7) is 0. The molecule has 22 heavy (non-hydrogen) atoms. The molecule has 1 atom stereocenters. The monoisotopic (exact) mass is 282 g/mol. The second-order valence-corrected chi connectivity index (χ2v) is 5.70. The summed E-state index contributed by atoms with van der Waals surface area (Å²) in [5, 5.41) is 0. The lowest BCUT2D eigenvalue weighted by Crippen LogP contribution is -2.00. The van der Waals surface area contributed by atoms with E-state index in [1.807, 2.05) is 0 Å². The molecule has 2 heteroatoms. The number of benzene rings is 3. The summed E-state index contributed by atoms with van der Waals surface area (Å²) in [5.74, 6) is 1.33. The zero-order chi connectivity index (χ0) is 14.5. The SMILES string of the molecule is c1ccc(C2c3ccccc3-n3c2nc2ccccc23)cc1. The van der Waals surface area contributed by atoms with Gasteiger partial charge in [-0.25, -0.2) is 4.98 Å². The molecule has 0 fully saturated rings. The smallest absolute Gasteiger partial charge is 0.126 e. The van der Waals surface area contributed by atoms with E-state index < -0.39 is 0 Å². The molecular formula is C20H14N2. The van der Waals surface area contributed by atoms with E-state index in [1.54, 1.807) is 0 Å². The van der Waals surface area contributed by atoms with E-state index in [2.05, 4.69) is 83.4 Å². The first-order valence-electron chi connectivity index (χ1n) is 7.55. The zero-order valence-corrected chi connectivity index (χ0v) is 12.0. The molecule has 0 saturated heterocycles. The van der Waals surface area contributed by atoms with Gasteiger partial charge in [-0.3, -0.25) is 4.57 Å². The number of imidazole rings is 1. The summed E-state index contributed by atoms with van der Waals surface area (Å²) in [5.41, 5.74) is 6.13. The molecule has 0 N–H and O–H groups in total. The van der Waals surface area contributed by atoms with Crippen molar-refractivity contribution < 1.29 is 0 Å². The molecule has 0 saturated carbocycles. The van der Waals surface area contributed by atoms with Crippen LogP contribution in [0.15, 0.2) is 78.9 Å². The lowest BCUT2D eigenvalue weighted by molar-refractivity contribution is 0.910. The van der Waals surface area contributed by atoms with Crippen LogP contribution in [-0.4, -0.2) is 9.55 Å². The number of hydrogen-bond donors (Lipinski definition) is 0. The average molecular weight is 282 g/mol. The summed E-state index contributed by atoms with van der Waals surface area (Å²) in [6, 6.07) is 27.6. The highest BCUT2D eigenvalue weighted by Gasteiger charge is 2.32. The van der Waals surface area contributed by atoms with Gasteiger partial charge in [0.05, 0.1) is 22.6 Å². The Labute approximate surface area is 128 Å². The summed E-state index contributed by atoms with van der Waals surface area (Å²) in [4.78, 5) is 4.93. The van der Waals surface area contributed by atoms with Gasteiger partial charge in [0.25, 0.3) is 0 Å². The lowest BCUT2D eigenvalue weighted by atomic mass is 9.92. The number of fused-ring (bicyclic) bond motifs is 5. The Bertz CT molecular complexity index is 983. The highest BCUT2D eigenvalue weighted by Crippen LogP contribution is 2.43. The minimum absolute atomic E-state index is 0.213. The van der Waals surface area contributed by atoms with Gasteiger partial charge in [-0.15, -0.1) is 0 Å². The predicted octanol–water partition coefficient (Wildman–Crippen LogP) is 4.52. The van der Waals surface area contributed by atoms with E-state index >= 15 is 0 Å². The molecule has 2 nitrogen and oxygen atoms in total. The summed E-state index contributed by atoms with van der Waals surface area (Å²) < 4.78 is 2.31. The van der Waals surface area contributed by atoms with Gasteiger partial charge in [-0.1, -0.05) is 60.7 Å². The van der Waals surface area contributed by atoms with Gasteiger partial charge in [-0.2, -0.15) is 0 Å². The van der Waals surface area contributed by atoms with Crippen molar-refractivity contribution in [2.75, 3.05) is 0 Å². The predicted molar refractivity (Wildman–Crippen MR) is 88.5 cm³/mol. The number of nitrogens with zero attached hydrogens (tertiary/aromatic N) is 2. The van der Waals surface area contributed by atoms with Crippen molar-refractivity contribution >= 4 is 11.0 Å². The van der Waals surface area contributed by atoms with Gasteiger partial charge in [0.2, 0.25) is 0 Å². The van der Waals surface area contributed by atoms with Gasteiger partial charge in [0.1, 0.15) is 5.82 Å². The van der Waals surface area contributed by atoms with Crippen molar-refractivity contribution in [3.05, 3.63) is 95.8 Å². The van der Waals surface area contributed by atoms with E-state index in [1.165, 1.54) is 22.3 Å².